The summed E-state index contributed by atoms with van der Waals surface area (Å²) >= 11 is 0. The number of esters is 1. The summed E-state index contributed by atoms with van der Waals surface area (Å²) in [6.45, 7) is 8.75. The summed E-state index contributed by atoms with van der Waals surface area (Å²) in [5, 5.41) is 0. The molecule has 1 aliphatic carbocycles. The molecule has 0 radical (unpaired) electrons. The number of ketones is 1. The summed E-state index contributed by atoms with van der Waals surface area (Å²) in [6, 6.07) is 12.2. The van der Waals surface area contributed by atoms with Crippen LogP contribution in [0.3, 0.4) is 0 Å². The first-order valence-corrected chi connectivity index (χ1v) is 10.2. The highest BCUT2D eigenvalue weighted by Crippen LogP contribution is 2.42. The van der Waals surface area contributed by atoms with E-state index in [1.54, 1.807) is 0 Å². The van der Waals surface area contributed by atoms with Crippen molar-refractivity contribution in [3.8, 4) is 0 Å². The molecule has 0 N–H and O–H groups in total. The van der Waals surface area contributed by atoms with Gasteiger partial charge >= 0.3 is 5.97 Å². The van der Waals surface area contributed by atoms with Crippen molar-refractivity contribution >= 4 is 11.8 Å². The van der Waals surface area contributed by atoms with Crippen molar-refractivity contribution in [2.45, 2.75) is 59.9 Å². The van der Waals surface area contributed by atoms with Crippen molar-refractivity contribution in [1.29, 1.82) is 0 Å². The van der Waals surface area contributed by atoms with Crippen LogP contribution in [0.15, 0.2) is 36.4 Å². The van der Waals surface area contributed by atoms with Crippen molar-refractivity contribution in [3.05, 3.63) is 58.9 Å². The lowest BCUT2D eigenvalue weighted by Gasteiger charge is -2.21. The number of hydrogen-bond acceptors (Lipinski definition) is 3. The van der Waals surface area contributed by atoms with Crippen LogP contribution in [0.25, 0.3) is 0 Å². The number of ether oxygens (including phenoxy) is 1. The van der Waals surface area contributed by atoms with E-state index in [2.05, 4.69) is 23.6 Å². The molecule has 2 unspecified atom stereocenters. The van der Waals surface area contributed by atoms with Gasteiger partial charge in [0.1, 0.15) is 0 Å². The summed E-state index contributed by atoms with van der Waals surface area (Å²) in [5.74, 6) is 0.182. The molecule has 1 aromatic carbocycles. The van der Waals surface area contributed by atoms with E-state index in [0.717, 1.165) is 43.6 Å². The second kappa shape index (κ2) is 8.34. The van der Waals surface area contributed by atoms with Crippen LogP contribution in [-0.4, -0.2) is 22.9 Å². The summed E-state index contributed by atoms with van der Waals surface area (Å²) in [7, 11) is 0. The van der Waals surface area contributed by atoms with Gasteiger partial charge in [0.25, 0.3) is 0 Å². The molecule has 1 aliphatic rings. The third kappa shape index (κ3) is 4.37. The lowest BCUT2D eigenvalue weighted by molar-refractivity contribution is -0.153. The van der Waals surface area contributed by atoms with E-state index in [4.69, 9.17) is 4.74 Å². The molecule has 0 spiro atoms. The van der Waals surface area contributed by atoms with Crippen LogP contribution in [0, 0.1) is 25.2 Å². The molecule has 2 aromatic rings. The molecular formula is C24H31NO3. The lowest BCUT2D eigenvalue weighted by Crippen LogP contribution is -2.29. The Kier molecular flexibility index (Phi) is 6.07. The van der Waals surface area contributed by atoms with Crippen LogP contribution >= 0.6 is 0 Å². The Morgan fingerprint density at radius 2 is 1.93 bits per heavy atom. The fraction of sp³-hybridized carbons (Fsp3) is 0.500. The van der Waals surface area contributed by atoms with Crippen LogP contribution in [0.4, 0.5) is 0 Å². The van der Waals surface area contributed by atoms with Gasteiger partial charge in [0.15, 0.2) is 6.61 Å². The third-order valence-corrected chi connectivity index (χ3v) is 6.16. The molecule has 1 fully saturated rings. The Bertz CT molecular complexity index is 852. The first kappa shape index (κ1) is 20.4. The molecule has 3 rings (SSSR count). The molecule has 1 saturated carbocycles. The molecular weight excluding hydrogens is 350 g/mol. The number of aromatic nitrogens is 1. The number of carbonyl (C=O) groups excluding carboxylic acids is 2. The maximum absolute atomic E-state index is 12.7. The maximum Gasteiger partial charge on any atom is 0.312 e. The van der Waals surface area contributed by atoms with Gasteiger partial charge in [0, 0.05) is 23.5 Å². The van der Waals surface area contributed by atoms with Gasteiger partial charge in [-0.3, -0.25) is 9.59 Å². The van der Waals surface area contributed by atoms with E-state index in [1.165, 1.54) is 5.56 Å². The molecule has 1 heterocycles. The van der Waals surface area contributed by atoms with Crippen molar-refractivity contribution in [3.63, 3.8) is 0 Å². The highest BCUT2D eigenvalue weighted by Gasteiger charge is 2.41. The highest BCUT2D eigenvalue weighted by atomic mass is 16.5. The predicted octanol–water partition coefficient (Wildman–Crippen LogP) is 4.90. The molecule has 0 amide bonds. The summed E-state index contributed by atoms with van der Waals surface area (Å²) in [6.07, 6.45) is 3.64. The van der Waals surface area contributed by atoms with Crippen molar-refractivity contribution in [2.24, 2.45) is 11.3 Å². The minimum Gasteiger partial charge on any atom is -0.457 e. The minimum atomic E-state index is -0.438. The Hall–Kier alpha value is -2.36. The predicted molar refractivity (Wildman–Crippen MR) is 110 cm³/mol. The van der Waals surface area contributed by atoms with Crippen LogP contribution in [0.5, 0.6) is 0 Å². The van der Waals surface area contributed by atoms with E-state index in [9.17, 15) is 9.59 Å². The van der Waals surface area contributed by atoms with Gasteiger partial charge in [-0.1, -0.05) is 37.3 Å². The molecule has 0 saturated heterocycles. The maximum atomic E-state index is 12.7. The average molecular weight is 382 g/mol. The van der Waals surface area contributed by atoms with E-state index < -0.39 is 5.41 Å². The first-order valence-electron chi connectivity index (χ1n) is 10.2. The standard InChI is InChI=1S/C24H31NO3/c1-17-10-12-24(4,15-17)23(27)28-16-22(26)21-14-18(2)25(19(21)3)13-11-20-8-6-5-7-9-20/h5-9,14,17H,10-13,15-16H2,1-4H3. The van der Waals surface area contributed by atoms with Gasteiger partial charge in [-0.25, -0.2) is 0 Å². The first-order chi connectivity index (χ1) is 13.3. The quantitative estimate of drug-likeness (QED) is 0.506. The topological polar surface area (TPSA) is 48.3 Å². The zero-order valence-electron chi connectivity index (χ0n) is 17.5. The van der Waals surface area contributed by atoms with E-state index in [0.29, 0.717) is 11.5 Å². The summed E-state index contributed by atoms with van der Waals surface area (Å²) in [5.41, 5.74) is 3.49. The number of aryl methyl sites for hydroxylation is 2. The second-order valence-electron chi connectivity index (χ2n) is 8.58. The molecule has 0 aliphatic heterocycles. The molecule has 2 atom stereocenters. The smallest absolute Gasteiger partial charge is 0.312 e. The van der Waals surface area contributed by atoms with Crippen LogP contribution in [-0.2, 0) is 22.5 Å². The van der Waals surface area contributed by atoms with Gasteiger partial charge in [0.05, 0.1) is 5.41 Å². The molecule has 150 valence electrons. The van der Waals surface area contributed by atoms with Gasteiger partial charge in [-0.2, -0.15) is 0 Å². The number of hydrogen-bond donors (Lipinski definition) is 0. The zero-order valence-corrected chi connectivity index (χ0v) is 17.5. The van der Waals surface area contributed by atoms with Crippen molar-refractivity contribution in [1.82, 2.24) is 4.57 Å². The van der Waals surface area contributed by atoms with E-state index >= 15 is 0 Å². The molecule has 28 heavy (non-hydrogen) atoms. The number of benzene rings is 1. The monoisotopic (exact) mass is 381 g/mol. The Morgan fingerprint density at radius 1 is 1.21 bits per heavy atom. The third-order valence-electron chi connectivity index (χ3n) is 6.16. The number of carbonyl (C=O) groups is 2. The summed E-state index contributed by atoms with van der Waals surface area (Å²) < 4.78 is 7.60. The van der Waals surface area contributed by atoms with Crippen LogP contribution in [0.2, 0.25) is 0 Å². The SMILES string of the molecule is Cc1cc(C(=O)COC(=O)C2(C)CCC(C)C2)c(C)n1CCc1ccccc1. The number of nitrogens with zero attached hydrogens (tertiary/aromatic N) is 1. The Labute approximate surface area is 167 Å². The fourth-order valence-electron chi connectivity index (χ4n) is 4.42. The lowest BCUT2D eigenvalue weighted by atomic mass is 9.88. The zero-order chi connectivity index (χ0) is 20.3. The molecule has 4 heteroatoms. The van der Waals surface area contributed by atoms with Gasteiger partial charge in [0.2, 0.25) is 5.78 Å². The van der Waals surface area contributed by atoms with Crippen LogP contribution in [0.1, 0.15) is 60.4 Å². The van der Waals surface area contributed by atoms with Gasteiger partial charge < -0.3 is 9.30 Å². The Morgan fingerprint density at radius 3 is 2.57 bits per heavy atom. The number of Topliss-reactive ketones (excluding diaryl/α,β-unsaturated/α-hetero) is 1. The van der Waals surface area contributed by atoms with Gasteiger partial charge in [-0.15, -0.1) is 0 Å². The summed E-state index contributed by atoms with van der Waals surface area (Å²) in [4.78, 5) is 25.2. The Balaban J connectivity index is 1.62. The normalized spacial score (nSPS) is 21.6. The average Bonchev–Trinajstić information content (AvgIpc) is 3.18. The molecule has 0 bridgehead atoms. The second-order valence-corrected chi connectivity index (χ2v) is 8.58. The van der Waals surface area contributed by atoms with Crippen LogP contribution < -0.4 is 0 Å². The van der Waals surface area contributed by atoms with Crippen molar-refractivity contribution in [2.75, 3.05) is 6.61 Å². The number of rotatable bonds is 7. The van der Waals surface area contributed by atoms with E-state index in [1.807, 2.05) is 45.0 Å². The van der Waals surface area contributed by atoms with E-state index in [-0.39, 0.29) is 18.4 Å². The van der Waals surface area contributed by atoms with Gasteiger partial charge in [-0.05, 0) is 64.0 Å². The highest BCUT2D eigenvalue weighted by molar-refractivity contribution is 5.99. The minimum absolute atomic E-state index is 0.123. The van der Waals surface area contributed by atoms with Crippen molar-refractivity contribution < 1.29 is 14.3 Å². The molecule has 4 nitrogen and oxygen atoms in total. The fourth-order valence-corrected chi connectivity index (χ4v) is 4.42. The molecule has 1 aromatic heterocycles. The largest absolute Gasteiger partial charge is 0.457 e.